The van der Waals surface area contributed by atoms with E-state index in [2.05, 4.69) is 66.1 Å². The molecule has 0 atom stereocenters. The maximum atomic E-state index is 8.49. The summed E-state index contributed by atoms with van der Waals surface area (Å²) in [7, 11) is -19.8. The molecule has 0 saturated carbocycles. The molecule has 12 heterocycles. The van der Waals surface area contributed by atoms with Gasteiger partial charge in [-0.2, -0.15) is 0 Å². The average Bonchev–Trinajstić information content (AvgIpc) is 0.746. The molecule has 0 aliphatic heterocycles. The van der Waals surface area contributed by atoms with Crippen LogP contribution in [0, 0.1) is 41.0 Å². The topological polar surface area (TPSA) is 549 Å². The van der Waals surface area contributed by atoms with Crippen LogP contribution in [-0.2, 0) is 39.0 Å². The average molecular weight is 1560 g/mol. The summed E-state index contributed by atoms with van der Waals surface area (Å²) in [5.74, 6) is 0.459. The molecule has 14 aromatic rings. The van der Waals surface area contributed by atoms with Crippen molar-refractivity contribution < 1.29 is 154 Å². The first-order valence-electron chi connectivity index (χ1n) is 26.0. The van der Waals surface area contributed by atoms with E-state index in [4.69, 9.17) is 84.5 Å². The first-order chi connectivity index (χ1) is 44.7. The smallest absolute Gasteiger partial charge is 0.255 e. The molecule has 96 heavy (non-hydrogen) atoms. The number of fused-ring (bicyclic) bond motifs is 9. The minimum absolute atomic E-state index is 0. The number of hydrogen-bond donors (Lipinski definition) is 0. The molecule has 0 unspecified atom stereocenters. The Bertz CT molecular complexity index is 4330. The van der Waals surface area contributed by atoms with E-state index in [0.717, 1.165) is 94.7 Å². The zero-order chi connectivity index (χ0) is 67.7. The fraction of sp³-hybridized carbons (Fsp3) is 0. The van der Waals surface area contributed by atoms with Crippen molar-refractivity contribution in [2.75, 3.05) is 0 Å². The fourth-order valence-corrected chi connectivity index (χ4v) is 8.03. The molecule has 0 saturated heterocycles. The van der Waals surface area contributed by atoms with Crippen LogP contribution in [0.15, 0.2) is 244 Å². The standard InChI is InChI=1S/C25H13N7.C15H11N3.2C10H8N2.4ClHO4.2Ru/c1-4-14-7-8-15-9-10-18(29-20(15)19(14)26-11-1)25-30-23-16-5-2-12-27-21(16)22-17(6-3-13-28-22)24(23)31-32-25;1-3-10-16-12(6-1)14-8-5-9-15(18-14)13-7-2-4-11-17-13;2*1-3-7-11-9(5-1)10-6-2-4-8-12-10;4*2-1(3,4)5;;/h1-13H;1-11H;2*1-8H;4*(H,2,3,4,5);;/q;;;;;;;;2*+2/p-4. The van der Waals surface area contributed by atoms with Gasteiger partial charge in [-0.15, -0.1) is 51.2 Å². The molecular formula is C60H40Cl4N14O16Ru2. The first-order valence-corrected chi connectivity index (χ1v) is 30.9. The maximum Gasteiger partial charge on any atom is 2.00 e. The minimum Gasteiger partial charge on any atom is -0.255 e. The van der Waals surface area contributed by atoms with Gasteiger partial charge in [-0.05, 0) is 121 Å². The second-order valence-corrected chi connectivity index (χ2v) is 20.8. The Morgan fingerprint density at radius 2 is 0.490 bits per heavy atom. The van der Waals surface area contributed by atoms with Crippen molar-refractivity contribution >= 4 is 54.6 Å². The summed E-state index contributed by atoms with van der Waals surface area (Å²) >= 11 is 0. The van der Waals surface area contributed by atoms with E-state index >= 15 is 0 Å². The molecule has 14 rings (SSSR count). The zero-order valence-electron chi connectivity index (χ0n) is 48.1. The van der Waals surface area contributed by atoms with Crippen LogP contribution >= 0.6 is 0 Å². The van der Waals surface area contributed by atoms with Crippen molar-refractivity contribution in [2.45, 2.75) is 0 Å². The third kappa shape index (κ3) is 27.1. The minimum atomic E-state index is -4.94. The normalized spacial score (nSPS) is 10.8. The van der Waals surface area contributed by atoms with Gasteiger partial charge < -0.3 is 0 Å². The Morgan fingerprint density at radius 1 is 0.198 bits per heavy atom. The van der Waals surface area contributed by atoms with Gasteiger partial charge in [0.25, 0.3) is 0 Å². The van der Waals surface area contributed by atoms with Crippen LogP contribution in [0.25, 0.3) is 112 Å². The molecular weight excluding hydrogens is 1520 g/mol. The van der Waals surface area contributed by atoms with Crippen LogP contribution in [0.5, 0.6) is 0 Å². The van der Waals surface area contributed by atoms with Crippen molar-refractivity contribution in [1.29, 1.82) is 0 Å². The van der Waals surface area contributed by atoms with E-state index in [1.165, 1.54) is 0 Å². The molecule has 490 valence electrons. The Labute approximate surface area is 576 Å². The predicted molar refractivity (Wildman–Crippen MR) is 290 cm³/mol. The van der Waals surface area contributed by atoms with Gasteiger partial charge in [-0.3, -0.25) is 44.9 Å². The van der Waals surface area contributed by atoms with Gasteiger partial charge in [0.15, 0.2) is 0 Å². The van der Waals surface area contributed by atoms with E-state index < -0.39 is 41.0 Å². The van der Waals surface area contributed by atoms with Crippen molar-refractivity contribution in [1.82, 2.24) is 70.0 Å². The summed E-state index contributed by atoms with van der Waals surface area (Å²) in [6, 6.07) is 60.4. The Kier molecular flexibility index (Phi) is 30.4. The molecule has 0 amide bonds. The molecule has 0 bridgehead atoms. The molecule has 0 radical (unpaired) electrons. The van der Waals surface area contributed by atoms with Crippen LogP contribution in [0.3, 0.4) is 0 Å². The van der Waals surface area contributed by atoms with Gasteiger partial charge in [0.05, 0.1) is 67.6 Å². The molecule has 36 heteroatoms. The first kappa shape index (κ1) is 77.9. The number of rotatable bonds is 5. The largest absolute Gasteiger partial charge is 2.00 e. The van der Waals surface area contributed by atoms with Gasteiger partial charge in [0.1, 0.15) is 16.7 Å². The maximum absolute atomic E-state index is 8.49. The predicted octanol–water partition coefficient (Wildman–Crippen LogP) is -6.65. The quantitative estimate of drug-likeness (QED) is 0.114. The van der Waals surface area contributed by atoms with Crippen LogP contribution in [0.1, 0.15) is 0 Å². The molecule has 0 spiro atoms. The number of nitrogens with zero attached hydrogens (tertiary/aromatic N) is 14. The van der Waals surface area contributed by atoms with E-state index in [-0.39, 0.29) is 39.0 Å². The summed E-state index contributed by atoms with van der Waals surface area (Å²) in [6.45, 7) is 0. The molecule has 12 aromatic heterocycles. The third-order valence-electron chi connectivity index (χ3n) is 11.5. The van der Waals surface area contributed by atoms with Gasteiger partial charge in [0.2, 0.25) is 5.82 Å². The Hall–Kier alpha value is -8.83. The van der Waals surface area contributed by atoms with E-state index in [0.29, 0.717) is 17.0 Å². The second kappa shape index (κ2) is 37.5. The SMILES string of the molecule is [O-][Cl+3]([O-])([O-])[O-].[O-][Cl+3]([O-])([O-])[O-].[O-][Cl+3]([O-])([O-])[O-].[O-][Cl+3]([O-])([O-])[O-].[Ru+2].[Ru+2].c1ccc(-c2cccc(-c3ccccn3)n2)nc1.c1ccc(-c2ccccn2)nc1.c1ccc(-c2ccccn2)nc1.c1cnc2c(c1)ccc1ccc(-c3nnc4c5cccnc5c5ncccc5c4n3)nc12. The molecule has 0 aliphatic rings. The van der Waals surface area contributed by atoms with E-state index in [1.54, 1.807) is 55.8 Å². The van der Waals surface area contributed by atoms with E-state index in [1.807, 2.05) is 182 Å². The Balaban J connectivity index is 0.000000223. The van der Waals surface area contributed by atoms with Gasteiger partial charge in [0, 0.05) is 77.3 Å². The summed E-state index contributed by atoms with van der Waals surface area (Å²) in [4.78, 5) is 53.3. The molecule has 2 aromatic carbocycles. The number of hydrogen-bond acceptors (Lipinski definition) is 30. The van der Waals surface area contributed by atoms with E-state index in [9.17, 15) is 0 Å². The van der Waals surface area contributed by atoms with Crippen LogP contribution in [0.4, 0.5) is 0 Å². The number of halogens is 4. The summed E-state index contributed by atoms with van der Waals surface area (Å²) < 4.78 is 136. The number of pyridine rings is 11. The fourth-order valence-electron chi connectivity index (χ4n) is 8.03. The molecule has 0 N–H and O–H groups in total. The Morgan fingerprint density at radius 3 is 0.844 bits per heavy atom. The molecule has 0 fully saturated rings. The van der Waals surface area contributed by atoms with Gasteiger partial charge in [-0.25, -0.2) is 89.5 Å². The van der Waals surface area contributed by atoms with Crippen LogP contribution in [-0.4, -0.2) is 70.0 Å². The number of benzene rings is 2. The van der Waals surface area contributed by atoms with Gasteiger partial charge in [-0.1, -0.05) is 66.7 Å². The summed E-state index contributed by atoms with van der Waals surface area (Å²) in [6.07, 6.45) is 15.9. The zero-order valence-corrected chi connectivity index (χ0v) is 54.6. The van der Waals surface area contributed by atoms with Crippen molar-refractivity contribution in [2.24, 2.45) is 0 Å². The van der Waals surface area contributed by atoms with Crippen LogP contribution < -0.4 is 74.5 Å². The van der Waals surface area contributed by atoms with Crippen molar-refractivity contribution in [3.05, 3.63) is 244 Å². The third-order valence-corrected chi connectivity index (χ3v) is 11.5. The van der Waals surface area contributed by atoms with Gasteiger partial charge >= 0.3 is 39.0 Å². The monoisotopic (exact) mass is 1560 g/mol. The summed E-state index contributed by atoms with van der Waals surface area (Å²) in [5.41, 5.74) is 12.5. The summed E-state index contributed by atoms with van der Waals surface area (Å²) in [5, 5.41) is 12.8. The van der Waals surface area contributed by atoms with Crippen LogP contribution in [0.2, 0.25) is 0 Å². The van der Waals surface area contributed by atoms with Crippen molar-refractivity contribution in [3.63, 3.8) is 0 Å². The molecule has 0 aliphatic carbocycles. The van der Waals surface area contributed by atoms with Crippen molar-refractivity contribution in [3.8, 4) is 57.1 Å². The molecule has 30 nitrogen and oxygen atoms in total. The second-order valence-electron chi connectivity index (χ2n) is 17.8. The number of aromatic nitrogens is 14.